The van der Waals surface area contributed by atoms with Gasteiger partial charge < -0.3 is 4.74 Å². The van der Waals surface area contributed by atoms with E-state index in [1.54, 1.807) is 12.4 Å². The molecular formula is C23H24N2O2. The van der Waals surface area contributed by atoms with Gasteiger partial charge in [-0.1, -0.05) is 80.8 Å². The third kappa shape index (κ3) is 5.48. The molecule has 3 rings (SSSR count). The number of hydrogen-bond acceptors (Lipinski definition) is 4. The van der Waals surface area contributed by atoms with E-state index in [4.69, 9.17) is 4.74 Å². The number of ether oxygens (including phenoxy) is 1. The molecule has 4 heteroatoms. The van der Waals surface area contributed by atoms with Crippen LogP contribution in [0.2, 0.25) is 0 Å². The minimum absolute atomic E-state index is 0.111. The van der Waals surface area contributed by atoms with Crippen LogP contribution in [0.3, 0.4) is 0 Å². The van der Waals surface area contributed by atoms with Crippen LogP contribution in [0, 0.1) is 0 Å². The van der Waals surface area contributed by atoms with Crippen LogP contribution in [-0.4, -0.2) is 15.9 Å². The molecule has 2 aromatic carbocycles. The number of aromatic nitrogens is 2. The first-order valence-electron chi connectivity index (χ1n) is 9.45. The first-order valence-corrected chi connectivity index (χ1v) is 9.45. The zero-order chi connectivity index (χ0) is 18.9. The van der Waals surface area contributed by atoms with E-state index in [-0.39, 0.29) is 12.0 Å². The molecular weight excluding hydrogens is 336 g/mol. The number of rotatable bonds is 8. The molecule has 3 aromatic rings. The molecule has 0 amide bonds. The monoisotopic (exact) mass is 360 g/mol. The van der Waals surface area contributed by atoms with Crippen molar-refractivity contribution in [2.75, 3.05) is 0 Å². The topological polar surface area (TPSA) is 52.1 Å². The van der Waals surface area contributed by atoms with Gasteiger partial charge in [0.1, 0.15) is 0 Å². The van der Waals surface area contributed by atoms with Crippen LogP contribution in [0.5, 0.6) is 6.01 Å². The molecule has 1 heterocycles. The summed E-state index contributed by atoms with van der Waals surface area (Å²) in [4.78, 5) is 20.1. The number of nitrogens with zero attached hydrogens (tertiary/aromatic N) is 2. The molecule has 0 radical (unpaired) electrons. The van der Waals surface area contributed by atoms with Gasteiger partial charge in [-0.25, -0.2) is 9.97 Å². The zero-order valence-corrected chi connectivity index (χ0v) is 15.6. The van der Waals surface area contributed by atoms with Gasteiger partial charge in [0.15, 0.2) is 0 Å². The van der Waals surface area contributed by atoms with Crippen molar-refractivity contribution >= 4 is 5.97 Å². The molecule has 0 saturated carbocycles. The highest BCUT2D eigenvalue weighted by Crippen LogP contribution is 2.24. The van der Waals surface area contributed by atoms with Crippen molar-refractivity contribution in [1.82, 2.24) is 9.97 Å². The van der Waals surface area contributed by atoms with Crippen LogP contribution in [0.4, 0.5) is 0 Å². The Morgan fingerprint density at radius 3 is 2.00 bits per heavy atom. The van der Waals surface area contributed by atoms with Gasteiger partial charge in [0.25, 0.3) is 0 Å². The summed E-state index contributed by atoms with van der Waals surface area (Å²) in [5.41, 5.74) is 4.25. The van der Waals surface area contributed by atoms with E-state index in [2.05, 4.69) is 41.2 Å². The second kappa shape index (κ2) is 9.62. The Hall–Kier alpha value is -3.01. The van der Waals surface area contributed by atoms with Gasteiger partial charge in [-0.05, 0) is 23.1 Å². The van der Waals surface area contributed by atoms with E-state index in [1.165, 1.54) is 5.56 Å². The molecule has 1 aromatic heterocycles. The smallest absolute Gasteiger partial charge is 0.324 e. The first kappa shape index (κ1) is 18.8. The van der Waals surface area contributed by atoms with Gasteiger partial charge in [-0.2, -0.15) is 0 Å². The molecule has 0 N–H and O–H groups in total. The van der Waals surface area contributed by atoms with E-state index in [9.17, 15) is 4.79 Å². The Bertz CT molecular complexity index is 844. The lowest BCUT2D eigenvalue weighted by Gasteiger charge is -2.06. The molecule has 0 unspecified atom stereocenters. The fourth-order valence-electron chi connectivity index (χ4n) is 2.85. The lowest BCUT2D eigenvalue weighted by Crippen LogP contribution is -2.09. The predicted molar refractivity (Wildman–Crippen MR) is 107 cm³/mol. The van der Waals surface area contributed by atoms with Gasteiger partial charge in [0.05, 0.1) is 0 Å². The fourth-order valence-corrected chi connectivity index (χ4v) is 2.85. The molecule has 0 atom stereocenters. The molecule has 0 aliphatic carbocycles. The van der Waals surface area contributed by atoms with Crippen LogP contribution < -0.4 is 4.74 Å². The van der Waals surface area contributed by atoms with Crippen LogP contribution in [-0.2, 0) is 4.79 Å². The quantitative estimate of drug-likeness (QED) is 0.383. The van der Waals surface area contributed by atoms with Gasteiger partial charge in [0, 0.05) is 24.4 Å². The summed E-state index contributed by atoms with van der Waals surface area (Å²) in [7, 11) is 0. The lowest BCUT2D eigenvalue weighted by atomic mass is 10.0. The third-order valence-corrected chi connectivity index (χ3v) is 4.39. The van der Waals surface area contributed by atoms with Crippen LogP contribution in [0.25, 0.3) is 22.3 Å². The molecule has 0 aliphatic heterocycles. The second-order valence-electron chi connectivity index (χ2n) is 6.48. The molecule has 4 nitrogen and oxygen atoms in total. The van der Waals surface area contributed by atoms with Crippen molar-refractivity contribution in [3.63, 3.8) is 0 Å². The molecule has 0 bridgehead atoms. The van der Waals surface area contributed by atoms with E-state index < -0.39 is 0 Å². The fraction of sp³-hybridized carbons (Fsp3) is 0.261. The summed E-state index contributed by atoms with van der Waals surface area (Å²) in [6, 6.07) is 18.6. The Kier molecular flexibility index (Phi) is 6.69. The van der Waals surface area contributed by atoms with Crippen molar-refractivity contribution in [2.45, 2.75) is 39.0 Å². The zero-order valence-electron chi connectivity index (χ0n) is 15.6. The first-order chi connectivity index (χ1) is 13.3. The summed E-state index contributed by atoms with van der Waals surface area (Å²) in [5.74, 6) is -0.272. The number of hydrogen-bond donors (Lipinski definition) is 0. The van der Waals surface area contributed by atoms with E-state index >= 15 is 0 Å². The summed E-state index contributed by atoms with van der Waals surface area (Å²) < 4.78 is 5.20. The summed E-state index contributed by atoms with van der Waals surface area (Å²) in [5, 5.41) is 0. The molecule has 0 saturated heterocycles. The largest absolute Gasteiger partial charge is 0.391 e. The Morgan fingerprint density at radius 2 is 1.37 bits per heavy atom. The number of esters is 1. The molecule has 0 spiro atoms. The standard InChI is InChI=1S/C23H24N2O2/c1-2-3-4-8-11-22(26)27-23-24-16-21(17-25-23)20-14-12-19(13-15-20)18-9-6-5-7-10-18/h5-7,9-10,12-17H,2-4,8,11H2,1H3. The van der Waals surface area contributed by atoms with E-state index in [0.29, 0.717) is 6.42 Å². The third-order valence-electron chi connectivity index (χ3n) is 4.39. The van der Waals surface area contributed by atoms with Crippen LogP contribution in [0.15, 0.2) is 67.0 Å². The summed E-state index contributed by atoms with van der Waals surface area (Å²) in [6.45, 7) is 2.14. The lowest BCUT2D eigenvalue weighted by molar-refractivity contribution is -0.135. The van der Waals surface area contributed by atoms with Gasteiger partial charge in [-0.3, -0.25) is 4.79 Å². The van der Waals surface area contributed by atoms with E-state index in [1.807, 2.05) is 30.3 Å². The van der Waals surface area contributed by atoms with Crippen molar-refractivity contribution in [3.8, 4) is 28.3 Å². The molecule has 138 valence electrons. The van der Waals surface area contributed by atoms with E-state index in [0.717, 1.165) is 42.4 Å². The van der Waals surface area contributed by atoms with Crippen molar-refractivity contribution in [3.05, 3.63) is 67.0 Å². The van der Waals surface area contributed by atoms with Crippen molar-refractivity contribution in [2.24, 2.45) is 0 Å². The normalized spacial score (nSPS) is 10.6. The van der Waals surface area contributed by atoms with Crippen molar-refractivity contribution in [1.29, 1.82) is 0 Å². The van der Waals surface area contributed by atoms with Gasteiger partial charge in [0.2, 0.25) is 0 Å². The highest BCUT2D eigenvalue weighted by molar-refractivity contribution is 5.72. The summed E-state index contributed by atoms with van der Waals surface area (Å²) in [6.07, 6.45) is 7.96. The number of unbranched alkanes of at least 4 members (excludes halogenated alkanes) is 3. The second-order valence-corrected chi connectivity index (χ2v) is 6.48. The minimum atomic E-state index is -0.272. The maximum Gasteiger partial charge on any atom is 0.324 e. The average Bonchev–Trinajstić information content (AvgIpc) is 2.73. The van der Waals surface area contributed by atoms with Crippen LogP contribution >= 0.6 is 0 Å². The number of carbonyl (C=O) groups is 1. The SMILES string of the molecule is CCCCCCC(=O)Oc1ncc(-c2ccc(-c3ccccc3)cc2)cn1. The maximum atomic E-state index is 11.8. The van der Waals surface area contributed by atoms with Gasteiger partial charge >= 0.3 is 12.0 Å². The Balaban J connectivity index is 1.59. The maximum absolute atomic E-state index is 11.8. The molecule has 0 aliphatic rings. The van der Waals surface area contributed by atoms with Crippen LogP contribution in [0.1, 0.15) is 39.0 Å². The molecule has 0 fully saturated rings. The highest BCUT2D eigenvalue weighted by Gasteiger charge is 2.08. The highest BCUT2D eigenvalue weighted by atomic mass is 16.5. The predicted octanol–water partition coefficient (Wildman–Crippen LogP) is 5.69. The number of carbonyl (C=O) groups excluding carboxylic acids is 1. The van der Waals surface area contributed by atoms with Gasteiger partial charge in [-0.15, -0.1) is 0 Å². The number of benzene rings is 2. The Labute approximate surface area is 160 Å². The average molecular weight is 360 g/mol. The minimum Gasteiger partial charge on any atom is -0.391 e. The Morgan fingerprint density at radius 1 is 0.778 bits per heavy atom. The summed E-state index contributed by atoms with van der Waals surface area (Å²) >= 11 is 0. The van der Waals surface area contributed by atoms with Crippen molar-refractivity contribution < 1.29 is 9.53 Å². The molecule has 27 heavy (non-hydrogen) atoms.